The molecule has 1 heterocycles. The van der Waals surface area contributed by atoms with E-state index in [1.807, 2.05) is 19.9 Å². The van der Waals surface area contributed by atoms with E-state index < -0.39 is 15.6 Å². The molecule has 0 radical (unpaired) electrons. The average molecular weight is 374 g/mol. The number of sulfonamides is 1. The molecule has 26 heavy (non-hydrogen) atoms. The maximum absolute atomic E-state index is 13.0. The molecule has 0 N–H and O–H groups in total. The van der Waals surface area contributed by atoms with Crippen molar-refractivity contribution in [3.05, 3.63) is 48.5 Å². The molecule has 7 heteroatoms. The summed E-state index contributed by atoms with van der Waals surface area (Å²) < 4.78 is 33.1. The van der Waals surface area contributed by atoms with Gasteiger partial charge in [0, 0.05) is 14.0 Å². The summed E-state index contributed by atoms with van der Waals surface area (Å²) in [5.74, 6) is 0.339. The van der Waals surface area contributed by atoms with Gasteiger partial charge in [-0.2, -0.15) is 0 Å². The third-order valence-electron chi connectivity index (χ3n) is 4.30. The van der Waals surface area contributed by atoms with Crippen molar-refractivity contribution >= 4 is 27.3 Å². The van der Waals surface area contributed by atoms with Gasteiger partial charge in [0.15, 0.2) is 0 Å². The van der Waals surface area contributed by atoms with Crippen LogP contribution in [0.3, 0.4) is 0 Å². The highest BCUT2D eigenvalue weighted by Crippen LogP contribution is 2.39. The molecule has 0 unspecified atom stereocenters. The molecule has 3 rings (SSSR count). The molecule has 1 aliphatic rings. The van der Waals surface area contributed by atoms with Gasteiger partial charge in [0.05, 0.1) is 22.8 Å². The smallest absolute Gasteiger partial charge is 0.264 e. The molecular formula is C19H22N2O4S. The quantitative estimate of drug-likeness (QED) is 0.828. The van der Waals surface area contributed by atoms with E-state index in [4.69, 9.17) is 4.74 Å². The number of amides is 1. The number of hydrogen-bond acceptors (Lipinski definition) is 4. The minimum absolute atomic E-state index is 0.108. The minimum Gasteiger partial charge on any atom is -0.484 e. The summed E-state index contributed by atoms with van der Waals surface area (Å²) in [5.41, 5.74) is 0.491. The molecule has 0 aromatic heterocycles. The molecule has 0 saturated carbocycles. The van der Waals surface area contributed by atoms with Crippen LogP contribution >= 0.6 is 0 Å². The van der Waals surface area contributed by atoms with Crippen LogP contribution in [-0.4, -0.2) is 33.5 Å². The first kappa shape index (κ1) is 18.3. The molecule has 2 aromatic rings. The van der Waals surface area contributed by atoms with Gasteiger partial charge in [0.2, 0.25) is 5.91 Å². The van der Waals surface area contributed by atoms with Crippen LogP contribution in [0.25, 0.3) is 0 Å². The predicted octanol–water partition coefficient (Wildman–Crippen LogP) is 3.04. The van der Waals surface area contributed by atoms with Crippen molar-refractivity contribution < 1.29 is 17.9 Å². The number of para-hydroxylation sites is 1. The second kappa shape index (κ2) is 6.32. The highest BCUT2D eigenvalue weighted by atomic mass is 32.2. The Morgan fingerprint density at radius 1 is 1.15 bits per heavy atom. The summed E-state index contributed by atoms with van der Waals surface area (Å²) in [4.78, 5) is 13.7. The van der Waals surface area contributed by atoms with Gasteiger partial charge in [-0.1, -0.05) is 18.2 Å². The highest BCUT2D eigenvalue weighted by Gasteiger charge is 2.35. The lowest BCUT2D eigenvalue weighted by atomic mass is 10.1. The van der Waals surface area contributed by atoms with Crippen LogP contribution < -0.4 is 13.9 Å². The fourth-order valence-electron chi connectivity index (χ4n) is 2.97. The van der Waals surface area contributed by atoms with Crippen molar-refractivity contribution in [2.75, 3.05) is 22.8 Å². The van der Waals surface area contributed by atoms with E-state index in [0.29, 0.717) is 23.7 Å². The molecule has 2 aromatic carbocycles. The molecule has 1 aliphatic heterocycles. The van der Waals surface area contributed by atoms with Crippen LogP contribution in [0.1, 0.15) is 20.8 Å². The van der Waals surface area contributed by atoms with E-state index in [2.05, 4.69) is 0 Å². The Hall–Kier alpha value is -2.54. The zero-order valence-electron chi connectivity index (χ0n) is 15.3. The molecule has 0 atom stereocenters. The van der Waals surface area contributed by atoms with Crippen molar-refractivity contribution in [3.8, 4) is 5.75 Å². The highest BCUT2D eigenvalue weighted by molar-refractivity contribution is 7.92. The molecular weight excluding hydrogens is 352 g/mol. The number of rotatable bonds is 3. The maximum Gasteiger partial charge on any atom is 0.264 e. The van der Waals surface area contributed by atoms with E-state index in [1.54, 1.807) is 35.2 Å². The third kappa shape index (κ3) is 3.26. The van der Waals surface area contributed by atoms with Crippen LogP contribution in [0.2, 0.25) is 0 Å². The Bertz CT molecular complexity index is 939. The number of nitrogens with zero attached hydrogens (tertiary/aromatic N) is 2. The molecule has 0 fully saturated rings. The number of fused-ring (bicyclic) bond motifs is 1. The lowest BCUT2D eigenvalue weighted by molar-refractivity contribution is -0.117. The van der Waals surface area contributed by atoms with Crippen molar-refractivity contribution in [2.24, 2.45) is 0 Å². The van der Waals surface area contributed by atoms with Gasteiger partial charge in [-0.15, -0.1) is 0 Å². The number of anilines is 2. The molecule has 0 aliphatic carbocycles. The minimum atomic E-state index is -3.76. The van der Waals surface area contributed by atoms with E-state index in [1.165, 1.54) is 30.4 Å². The first-order chi connectivity index (χ1) is 12.1. The standard InChI is InChI=1S/C19H22N2O4S/c1-14(22)21-13-19(2,3)25-18-11-10-16(12-17(18)21)26(23,24)20(4)15-8-6-5-7-9-15/h5-12H,13H2,1-4H3. The lowest BCUT2D eigenvalue weighted by Crippen LogP contribution is -2.48. The molecule has 0 spiro atoms. The summed E-state index contributed by atoms with van der Waals surface area (Å²) in [6.07, 6.45) is 0. The monoisotopic (exact) mass is 374 g/mol. The lowest BCUT2D eigenvalue weighted by Gasteiger charge is -2.39. The van der Waals surface area contributed by atoms with Gasteiger partial charge in [0.25, 0.3) is 10.0 Å². The SMILES string of the molecule is CC(=O)N1CC(C)(C)Oc2ccc(S(=O)(=O)N(C)c3ccccc3)cc21. The number of carbonyl (C=O) groups excluding carboxylic acids is 1. The zero-order valence-corrected chi connectivity index (χ0v) is 16.1. The number of benzene rings is 2. The second-order valence-corrected chi connectivity index (χ2v) is 8.87. The fraction of sp³-hybridized carbons (Fsp3) is 0.316. The summed E-state index contributed by atoms with van der Waals surface area (Å²) >= 11 is 0. The van der Waals surface area contributed by atoms with Crippen molar-refractivity contribution in [1.29, 1.82) is 0 Å². The van der Waals surface area contributed by atoms with E-state index >= 15 is 0 Å². The van der Waals surface area contributed by atoms with Crippen LogP contribution in [0.15, 0.2) is 53.4 Å². The van der Waals surface area contributed by atoms with Crippen molar-refractivity contribution in [3.63, 3.8) is 0 Å². The van der Waals surface area contributed by atoms with Gasteiger partial charge < -0.3 is 9.64 Å². The van der Waals surface area contributed by atoms with Crippen LogP contribution in [0.5, 0.6) is 5.75 Å². The summed E-state index contributed by atoms with van der Waals surface area (Å²) in [6, 6.07) is 13.5. The Morgan fingerprint density at radius 2 is 1.81 bits per heavy atom. The fourth-order valence-corrected chi connectivity index (χ4v) is 4.18. The molecule has 1 amide bonds. The average Bonchev–Trinajstić information content (AvgIpc) is 2.59. The predicted molar refractivity (Wildman–Crippen MR) is 101 cm³/mol. The van der Waals surface area contributed by atoms with Gasteiger partial charge in [-0.05, 0) is 44.2 Å². The van der Waals surface area contributed by atoms with Gasteiger partial charge >= 0.3 is 0 Å². The Balaban J connectivity index is 2.06. The molecule has 0 bridgehead atoms. The summed E-state index contributed by atoms with van der Waals surface area (Å²) in [6.45, 7) is 5.59. The molecule has 0 saturated heterocycles. The van der Waals surface area contributed by atoms with Crippen LogP contribution in [-0.2, 0) is 14.8 Å². The van der Waals surface area contributed by atoms with Crippen LogP contribution in [0, 0.1) is 0 Å². The Morgan fingerprint density at radius 3 is 2.42 bits per heavy atom. The van der Waals surface area contributed by atoms with E-state index in [9.17, 15) is 13.2 Å². The Labute approximate surface area is 154 Å². The molecule has 138 valence electrons. The number of hydrogen-bond donors (Lipinski definition) is 0. The first-order valence-corrected chi connectivity index (χ1v) is 9.71. The van der Waals surface area contributed by atoms with Gasteiger partial charge in [-0.25, -0.2) is 8.42 Å². The summed E-state index contributed by atoms with van der Waals surface area (Å²) in [5, 5.41) is 0. The van der Waals surface area contributed by atoms with Crippen LogP contribution in [0.4, 0.5) is 11.4 Å². The topological polar surface area (TPSA) is 66.9 Å². The summed E-state index contributed by atoms with van der Waals surface area (Å²) in [7, 11) is -2.26. The molecule has 6 nitrogen and oxygen atoms in total. The van der Waals surface area contributed by atoms with Crippen molar-refractivity contribution in [2.45, 2.75) is 31.3 Å². The zero-order chi connectivity index (χ0) is 19.1. The largest absolute Gasteiger partial charge is 0.484 e. The van der Waals surface area contributed by atoms with E-state index in [-0.39, 0.29) is 10.8 Å². The normalized spacial score (nSPS) is 15.8. The number of ether oxygens (including phenoxy) is 1. The Kier molecular flexibility index (Phi) is 4.44. The maximum atomic E-state index is 13.0. The first-order valence-electron chi connectivity index (χ1n) is 8.27. The van der Waals surface area contributed by atoms with Gasteiger partial charge in [0.1, 0.15) is 11.4 Å². The van der Waals surface area contributed by atoms with E-state index in [0.717, 1.165) is 0 Å². The van der Waals surface area contributed by atoms with Gasteiger partial charge in [-0.3, -0.25) is 9.10 Å². The van der Waals surface area contributed by atoms with Crippen molar-refractivity contribution in [1.82, 2.24) is 0 Å². The third-order valence-corrected chi connectivity index (χ3v) is 6.09. The number of carbonyl (C=O) groups is 1. The second-order valence-electron chi connectivity index (χ2n) is 6.90.